The summed E-state index contributed by atoms with van der Waals surface area (Å²) in [5.41, 5.74) is 2.85. The summed E-state index contributed by atoms with van der Waals surface area (Å²) >= 11 is 1.45. The van der Waals surface area contributed by atoms with Gasteiger partial charge in [-0.1, -0.05) is 30.3 Å². The van der Waals surface area contributed by atoms with Crippen molar-refractivity contribution in [2.24, 2.45) is 5.92 Å². The third-order valence-electron chi connectivity index (χ3n) is 4.50. The monoisotopic (exact) mass is 352 g/mol. The van der Waals surface area contributed by atoms with Gasteiger partial charge >= 0.3 is 0 Å². The highest BCUT2D eigenvalue weighted by atomic mass is 32.1. The third-order valence-corrected chi connectivity index (χ3v) is 5.39. The van der Waals surface area contributed by atoms with Crippen molar-refractivity contribution in [3.05, 3.63) is 70.9 Å². The van der Waals surface area contributed by atoms with E-state index in [4.69, 9.17) is 0 Å². The number of hydrogen-bond acceptors (Lipinski definition) is 3. The molecule has 1 amide bonds. The van der Waals surface area contributed by atoms with Gasteiger partial charge in [0, 0.05) is 16.4 Å². The molecule has 3 nitrogen and oxygen atoms in total. The number of thiazole rings is 1. The van der Waals surface area contributed by atoms with Crippen molar-refractivity contribution in [2.75, 3.05) is 5.32 Å². The van der Waals surface area contributed by atoms with Crippen molar-refractivity contribution in [3.63, 3.8) is 0 Å². The van der Waals surface area contributed by atoms with Crippen LogP contribution in [-0.4, -0.2) is 10.9 Å². The fourth-order valence-electron chi connectivity index (χ4n) is 3.08. The predicted octanol–water partition coefficient (Wildman–Crippen LogP) is 5.00. The average Bonchev–Trinajstić information content (AvgIpc) is 3.35. The Hall–Kier alpha value is -2.53. The van der Waals surface area contributed by atoms with Crippen molar-refractivity contribution < 1.29 is 9.18 Å². The average molecular weight is 352 g/mol. The number of anilines is 1. The van der Waals surface area contributed by atoms with Crippen molar-refractivity contribution >= 4 is 22.4 Å². The number of carbonyl (C=O) groups is 1. The number of hydrogen-bond donors (Lipinski definition) is 1. The highest BCUT2D eigenvalue weighted by Crippen LogP contribution is 2.48. The summed E-state index contributed by atoms with van der Waals surface area (Å²) in [6.45, 7) is 1.95. The quantitative estimate of drug-likeness (QED) is 0.718. The van der Waals surface area contributed by atoms with Gasteiger partial charge in [-0.2, -0.15) is 0 Å². The number of amides is 1. The van der Waals surface area contributed by atoms with Crippen molar-refractivity contribution in [1.29, 1.82) is 0 Å². The van der Waals surface area contributed by atoms with Crippen LogP contribution in [0.4, 0.5) is 9.52 Å². The maximum Gasteiger partial charge on any atom is 0.229 e. The Balaban J connectivity index is 1.46. The maximum absolute atomic E-state index is 13.1. The minimum Gasteiger partial charge on any atom is -0.302 e. The molecule has 0 radical (unpaired) electrons. The lowest BCUT2D eigenvalue weighted by molar-refractivity contribution is -0.117. The van der Waals surface area contributed by atoms with Crippen LogP contribution in [0.25, 0.3) is 11.3 Å². The van der Waals surface area contributed by atoms with Crippen LogP contribution in [0.15, 0.2) is 54.6 Å². The van der Waals surface area contributed by atoms with Crippen molar-refractivity contribution in [2.45, 2.75) is 19.3 Å². The van der Waals surface area contributed by atoms with E-state index < -0.39 is 0 Å². The molecule has 1 aliphatic rings. The second kappa shape index (κ2) is 6.41. The topological polar surface area (TPSA) is 42.0 Å². The SMILES string of the molecule is Cc1sc(NC(=O)C2CC2c2ccccc2)nc1-c1ccc(F)cc1. The van der Waals surface area contributed by atoms with Gasteiger partial charge in [-0.3, -0.25) is 4.79 Å². The summed E-state index contributed by atoms with van der Waals surface area (Å²) in [7, 11) is 0. The van der Waals surface area contributed by atoms with E-state index in [1.807, 2.05) is 25.1 Å². The molecule has 2 aromatic carbocycles. The minimum absolute atomic E-state index is 0.0147. The van der Waals surface area contributed by atoms with E-state index in [0.717, 1.165) is 22.6 Å². The molecule has 1 heterocycles. The van der Waals surface area contributed by atoms with Gasteiger partial charge in [0.2, 0.25) is 5.91 Å². The van der Waals surface area contributed by atoms with Gasteiger partial charge < -0.3 is 5.32 Å². The summed E-state index contributed by atoms with van der Waals surface area (Å²) in [6, 6.07) is 16.4. The number of halogens is 1. The fraction of sp³-hybridized carbons (Fsp3) is 0.200. The summed E-state index contributed by atoms with van der Waals surface area (Å²) in [6.07, 6.45) is 0.880. The molecule has 0 aliphatic heterocycles. The number of carbonyl (C=O) groups excluding carboxylic acids is 1. The lowest BCUT2D eigenvalue weighted by Gasteiger charge is -2.01. The molecule has 1 aromatic heterocycles. The highest BCUT2D eigenvalue weighted by Gasteiger charge is 2.44. The molecule has 1 N–H and O–H groups in total. The first-order valence-electron chi connectivity index (χ1n) is 8.21. The molecule has 2 unspecified atom stereocenters. The van der Waals surface area contributed by atoms with Crippen LogP contribution >= 0.6 is 11.3 Å². The third kappa shape index (κ3) is 3.33. The van der Waals surface area contributed by atoms with E-state index in [0.29, 0.717) is 11.0 Å². The summed E-state index contributed by atoms with van der Waals surface area (Å²) in [4.78, 5) is 18.0. The van der Waals surface area contributed by atoms with Gasteiger partial charge in [0.25, 0.3) is 0 Å². The van der Waals surface area contributed by atoms with E-state index >= 15 is 0 Å². The van der Waals surface area contributed by atoms with E-state index in [1.165, 1.54) is 29.0 Å². The van der Waals surface area contributed by atoms with Crippen molar-refractivity contribution in [3.8, 4) is 11.3 Å². The summed E-state index contributed by atoms with van der Waals surface area (Å²) in [5.74, 6) is 0.0683. The van der Waals surface area contributed by atoms with Crippen LogP contribution in [0.3, 0.4) is 0 Å². The number of aryl methyl sites for hydroxylation is 1. The molecular formula is C20H17FN2OS. The molecule has 4 rings (SSSR count). The Labute approximate surface area is 149 Å². The van der Waals surface area contributed by atoms with Gasteiger partial charge in [0.05, 0.1) is 5.69 Å². The van der Waals surface area contributed by atoms with E-state index in [9.17, 15) is 9.18 Å². The molecule has 1 saturated carbocycles. The fourth-order valence-corrected chi connectivity index (χ4v) is 3.92. The molecule has 1 fully saturated rings. The van der Waals surface area contributed by atoms with Crippen LogP contribution in [0.2, 0.25) is 0 Å². The zero-order chi connectivity index (χ0) is 17.4. The Morgan fingerprint density at radius 1 is 1.16 bits per heavy atom. The number of nitrogens with zero attached hydrogens (tertiary/aromatic N) is 1. The Morgan fingerprint density at radius 3 is 2.60 bits per heavy atom. The van der Waals surface area contributed by atoms with E-state index in [-0.39, 0.29) is 17.6 Å². The first-order valence-corrected chi connectivity index (χ1v) is 9.02. The number of benzene rings is 2. The largest absolute Gasteiger partial charge is 0.302 e. The molecule has 126 valence electrons. The minimum atomic E-state index is -0.272. The van der Waals surface area contributed by atoms with Crippen LogP contribution in [0.1, 0.15) is 22.8 Å². The van der Waals surface area contributed by atoms with Crippen molar-refractivity contribution in [1.82, 2.24) is 4.98 Å². The van der Waals surface area contributed by atoms with Crippen LogP contribution in [-0.2, 0) is 4.79 Å². The lowest BCUT2D eigenvalue weighted by atomic mass is 10.1. The Bertz CT molecular complexity index is 905. The van der Waals surface area contributed by atoms with Crippen LogP contribution in [0, 0.1) is 18.7 Å². The molecule has 25 heavy (non-hydrogen) atoms. The zero-order valence-corrected chi connectivity index (χ0v) is 14.5. The molecule has 3 aromatic rings. The second-order valence-electron chi connectivity index (χ2n) is 6.28. The number of aromatic nitrogens is 1. The molecule has 1 aliphatic carbocycles. The van der Waals surface area contributed by atoms with Gasteiger partial charge in [0.1, 0.15) is 5.82 Å². The molecule has 0 saturated heterocycles. The summed E-state index contributed by atoms with van der Waals surface area (Å²) in [5, 5.41) is 3.54. The molecule has 0 bridgehead atoms. The van der Waals surface area contributed by atoms with Crippen LogP contribution < -0.4 is 5.32 Å². The lowest BCUT2D eigenvalue weighted by Crippen LogP contribution is -2.14. The Kier molecular flexibility index (Phi) is 4.09. The molecule has 2 atom stereocenters. The normalized spacial score (nSPS) is 18.8. The highest BCUT2D eigenvalue weighted by molar-refractivity contribution is 7.16. The van der Waals surface area contributed by atoms with Gasteiger partial charge in [0.15, 0.2) is 5.13 Å². The van der Waals surface area contributed by atoms with E-state index in [1.54, 1.807) is 12.1 Å². The Morgan fingerprint density at radius 2 is 1.88 bits per heavy atom. The second-order valence-corrected chi connectivity index (χ2v) is 7.48. The maximum atomic E-state index is 13.1. The molecule has 0 spiro atoms. The molecule has 5 heteroatoms. The zero-order valence-electron chi connectivity index (χ0n) is 13.7. The first-order chi connectivity index (χ1) is 12.1. The standard InChI is InChI=1S/C20H17FN2OS/c1-12-18(14-7-9-15(21)10-8-14)22-20(25-12)23-19(24)17-11-16(17)13-5-3-2-4-6-13/h2-10,16-17H,11H2,1H3,(H,22,23,24). The van der Waals surface area contributed by atoms with Gasteiger partial charge in [-0.15, -0.1) is 11.3 Å². The smallest absolute Gasteiger partial charge is 0.229 e. The number of rotatable bonds is 4. The van der Waals surface area contributed by atoms with Gasteiger partial charge in [-0.05, 0) is 49.1 Å². The van der Waals surface area contributed by atoms with Gasteiger partial charge in [-0.25, -0.2) is 9.37 Å². The summed E-state index contributed by atoms with van der Waals surface area (Å²) < 4.78 is 13.1. The molecular weight excluding hydrogens is 335 g/mol. The predicted molar refractivity (Wildman–Crippen MR) is 98.2 cm³/mol. The first kappa shape index (κ1) is 16.0. The van der Waals surface area contributed by atoms with E-state index in [2.05, 4.69) is 22.4 Å². The number of nitrogens with one attached hydrogen (secondary N) is 1. The van der Waals surface area contributed by atoms with Crippen LogP contribution in [0.5, 0.6) is 0 Å².